The third kappa shape index (κ3) is 5.64. The monoisotopic (exact) mass is 590 g/mol. The largest absolute Gasteiger partial charge is 1.00 e. The topological polar surface area (TPSA) is 9.23 Å². The normalized spacial score (nSPS) is 12.8. The van der Waals surface area contributed by atoms with Gasteiger partial charge in [0.15, 0.2) is 0 Å². The van der Waals surface area contributed by atoms with E-state index in [1.54, 1.807) is 0 Å². The molecule has 0 aliphatic carbocycles. The first-order chi connectivity index (χ1) is 18.7. The van der Waals surface area contributed by atoms with Crippen molar-refractivity contribution in [1.29, 1.82) is 0 Å². The highest BCUT2D eigenvalue weighted by atomic mass is 79.9. The van der Waals surface area contributed by atoms with Crippen LogP contribution in [-0.2, 0) is 0 Å². The van der Waals surface area contributed by atoms with Crippen molar-refractivity contribution in [3.05, 3.63) is 150 Å². The molecule has 1 aliphatic rings. The highest BCUT2D eigenvalue weighted by Gasteiger charge is 2.45. The van der Waals surface area contributed by atoms with E-state index in [0.717, 1.165) is 18.3 Å². The fraction of sp³-hybridized carbons (Fsp3) is 0.111. The summed E-state index contributed by atoms with van der Waals surface area (Å²) >= 11 is 0. The van der Waals surface area contributed by atoms with Crippen molar-refractivity contribution in [3.8, 4) is 16.9 Å². The number of fused-ring (bicyclic) bond motifs is 1. The van der Waals surface area contributed by atoms with Crippen LogP contribution in [0.2, 0.25) is 0 Å². The Morgan fingerprint density at radius 3 is 1.67 bits per heavy atom. The second-order valence-electron chi connectivity index (χ2n) is 9.99. The van der Waals surface area contributed by atoms with Crippen LogP contribution in [0, 0.1) is 6.92 Å². The Morgan fingerprint density at radius 1 is 0.615 bits per heavy atom. The van der Waals surface area contributed by atoms with Crippen LogP contribution in [0.15, 0.2) is 139 Å². The van der Waals surface area contributed by atoms with Crippen LogP contribution in [0.5, 0.6) is 5.75 Å². The fourth-order valence-corrected chi connectivity index (χ4v) is 9.84. The van der Waals surface area contributed by atoms with Crippen LogP contribution in [-0.4, -0.2) is 12.8 Å². The molecule has 1 nitrogen and oxygen atoms in total. The van der Waals surface area contributed by atoms with Gasteiger partial charge in [-0.05, 0) is 78.2 Å². The molecule has 0 fully saturated rings. The molecule has 0 spiro atoms. The van der Waals surface area contributed by atoms with Gasteiger partial charge in [0, 0.05) is 12.0 Å². The van der Waals surface area contributed by atoms with Crippen molar-refractivity contribution >= 4 is 29.3 Å². The molecule has 6 rings (SSSR count). The minimum absolute atomic E-state index is 0. The van der Waals surface area contributed by atoms with Crippen LogP contribution < -0.4 is 37.6 Å². The van der Waals surface area contributed by atoms with E-state index in [0.29, 0.717) is 6.61 Å². The molecule has 0 atom stereocenters. The van der Waals surface area contributed by atoms with Gasteiger partial charge in [0.2, 0.25) is 0 Å². The van der Waals surface area contributed by atoms with Gasteiger partial charge >= 0.3 is 0 Å². The van der Waals surface area contributed by atoms with E-state index in [2.05, 4.69) is 146 Å². The molecular weight excluding hydrogens is 559 g/mol. The maximum absolute atomic E-state index is 6.28. The lowest BCUT2D eigenvalue weighted by atomic mass is 10.0. The molecule has 0 radical (unpaired) electrons. The van der Waals surface area contributed by atoms with E-state index >= 15 is 0 Å². The third-order valence-corrected chi connectivity index (χ3v) is 11.9. The fourth-order valence-electron chi connectivity index (χ4n) is 5.50. The summed E-state index contributed by atoms with van der Waals surface area (Å²) < 4.78 is 6.28. The summed E-state index contributed by atoms with van der Waals surface area (Å²) in [5.41, 5.74) is 6.34. The molecule has 0 aromatic heterocycles. The second kappa shape index (κ2) is 12.2. The molecule has 5 aromatic carbocycles. The van der Waals surface area contributed by atoms with Gasteiger partial charge in [0.25, 0.3) is 0 Å². The molecule has 0 bridgehead atoms. The molecule has 1 aliphatic heterocycles. The average Bonchev–Trinajstić information content (AvgIpc) is 3.19. The van der Waals surface area contributed by atoms with Gasteiger partial charge in [-0.25, -0.2) is 0 Å². The Labute approximate surface area is 243 Å². The summed E-state index contributed by atoms with van der Waals surface area (Å²) in [5.74, 6) is 0.971. The third-order valence-electron chi connectivity index (χ3n) is 7.47. The standard InChI is InChI=1S/C36H32OP.BrH/c1-28-17-19-30(20-18-28)31-21-22-36-32(26-31)25-29(23-24-37-36)27-38(33-11-5-2-6-12-33,34-13-7-3-8-14-34)35-15-9-4-10-16-35;/h2-22,25-26H,23-24,27H2,1H3;1H/q+1;/p-1. The number of hydrogen-bond acceptors (Lipinski definition) is 1. The number of aryl methyl sites for hydroxylation is 1. The quantitative estimate of drug-likeness (QED) is 0.258. The first-order valence-electron chi connectivity index (χ1n) is 13.3. The van der Waals surface area contributed by atoms with Gasteiger partial charge in [-0.15, -0.1) is 0 Å². The lowest BCUT2D eigenvalue weighted by molar-refractivity contribution is -0.00000783. The first kappa shape index (κ1) is 27.1. The minimum atomic E-state index is -1.95. The summed E-state index contributed by atoms with van der Waals surface area (Å²) in [6.45, 7) is 2.83. The van der Waals surface area contributed by atoms with Crippen LogP contribution in [0.3, 0.4) is 0 Å². The Bertz CT molecular complexity index is 1450. The molecule has 0 unspecified atom stereocenters. The predicted molar refractivity (Wildman–Crippen MR) is 165 cm³/mol. The zero-order valence-corrected chi connectivity index (χ0v) is 24.6. The lowest BCUT2D eigenvalue weighted by Crippen LogP contribution is -3.00. The minimum Gasteiger partial charge on any atom is -1.00 e. The summed E-state index contributed by atoms with van der Waals surface area (Å²) in [7, 11) is -1.95. The highest BCUT2D eigenvalue weighted by Crippen LogP contribution is 2.57. The molecule has 3 heteroatoms. The molecule has 0 N–H and O–H groups in total. The molecule has 0 amide bonds. The second-order valence-corrected chi connectivity index (χ2v) is 13.5. The highest BCUT2D eigenvalue weighted by molar-refractivity contribution is 7.95. The Hall–Kier alpha value is -3.45. The zero-order valence-electron chi connectivity index (χ0n) is 22.1. The number of benzene rings is 5. The molecule has 0 saturated carbocycles. The first-order valence-corrected chi connectivity index (χ1v) is 15.3. The summed E-state index contributed by atoms with van der Waals surface area (Å²) in [6, 6.07) is 48.8. The number of hydrogen-bond donors (Lipinski definition) is 0. The van der Waals surface area contributed by atoms with Crippen LogP contribution in [0.25, 0.3) is 17.2 Å². The van der Waals surface area contributed by atoms with Crippen LogP contribution in [0.4, 0.5) is 0 Å². The maximum atomic E-state index is 6.28. The van der Waals surface area contributed by atoms with Crippen molar-refractivity contribution in [3.63, 3.8) is 0 Å². The molecule has 5 aromatic rings. The van der Waals surface area contributed by atoms with Gasteiger partial charge < -0.3 is 21.7 Å². The van der Waals surface area contributed by atoms with Gasteiger partial charge in [-0.1, -0.05) is 90.5 Å². The van der Waals surface area contributed by atoms with E-state index in [1.807, 2.05) is 0 Å². The Balaban J connectivity index is 0.00000308. The van der Waals surface area contributed by atoms with E-state index in [-0.39, 0.29) is 17.0 Å². The Kier molecular flexibility index (Phi) is 8.46. The Morgan fingerprint density at radius 2 is 1.13 bits per heavy atom. The van der Waals surface area contributed by atoms with E-state index in [9.17, 15) is 0 Å². The van der Waals surface area contributed by atoms with E-state index in [4.69, 9.17) is 4.74 Å². The van der Waals surface area contributed by atoms with Gasteiger partial charge in [-0.3, -0.25) is 0 Å². The SMILES string of the molecule is Cc1ccc(-c2ccc3c(c2)C=C(C[P+](c2ccccc2)(c2ccccc2)c2ccccc2)CCO3)cc1.[Br-]. The lowest BCUT2D eigenvalue weighted by Gasteiger charge is -2.28. The summed E-state index contributed by atoms with van der Waals surface area (Å²) in [6.07, 6.45) is 4.31. The van der Waals surface area contributed by atoms with Crippen molar-refractivity contribution in [2.75, 3.05) is 12.8 Å². The van der Waals surface area contributed by atoms with Crippen LogP contribution >= 0.6 is 7.26 Å². The number of halogens is 1. The van der Waals surface area contributed by atoms with Gasteiger partial charge in [0.1, 0.15) is 28.9 Å². The molecule has 194 valence electrons. The summed E-state index contributed by atoms with van der Waals surface area (Å²) in [5, 5.41) is 4.24. The van der Waals surface area contributed by atoms with Crippen molar-refractivity contribution in [1.82, 2.24) is 0 Å². The smallest absolute Gasteiger partial charge is 0.126 e. The zero-order chi connectivity index (χ0) is 25.8. The molecular formula is C36H32BrOP. The van der Waals surface area contributed by atoms with E-state index < -0.39 is 7.26 Å². The average molecular weight is 592 g/mol. The van der Waals surface area contributed by atoms with Crippen molar-refractivity contribution < 1.29 is 21.7 Å². The van der Waals surface area contributed by atoms with Crippen molar-refractivity contribution in [2.45, 2.75) is 13.3 Å². The predicted octanol–water partition coefficient (Wildman–Crippen LogP) is 4.83. The van der Waals surface area contributed by atoms with Gasteiger partial charge in [0.05, 0.1) is 12.8 Å². The van der Waals surface area contributed by atoms with Crippen molar-refractivity contribution in [2.24, 2.45) is 0 Å². The van der Waals surface area contributed by atoms with E-state index in [1.165, 1.54) is 43.7 Å². The summed E-state index contributed by atoms with van der Waals surface area (Å²) in [4.78, 5) is 0. The number of ether oxygens (including phenoxy) is 1. The molecule has 1 heterocycles. The molecule has 39 heavy (non-hydrogen) atoms. The van der Waals surface area contributed by atoms with Gasteiger partial charge in [-0.2, -0.15) is 0 Å². The van der Waals surface area contributed by atoms with Crippen LogP contribution in [0.1, 0.15) is 17.5 Å². The maximum Gasteiger partial charge on any atom is 0.126 e. The molecule has 0 saturated heterocycles. The number of rotatable bonds is 6.